The van der Waals surface area contributed by atoms with Gasteiger partial charge in [-0.2, -0.15) is 0 Å². The van der Waals surface area contributed by atoms with E-state index >= 15 is 0 Å². The first-order valence-corrected chi connectivity index (χ1v) is 8.08. The van der Waals surface area contributed by atoms with Gasteiger partial charge in [0.15, 0.2) is 0 Å². The van der Waals surface area contributed by atoms with E-state index in [0.29, 0.717) is 18.0 Å². The number of imidazole rings is 1. The third-order valence-corrected chi connectivity index (χ3v) is 5.15. The molecule has 0 N–H and O–H groups in total. The van der Waals surface area contributed by atoms with Gasteiger partial charge in [-0.25, -0.2) is 4.98 Å². The highest BCUT2D eigenvalue weighted by Crippen LogP contribution is 2.52. The zero-order valence-corrected chi connectivity index (χ0v) is 13.9. The molecule has 1 heterocycles. The van der Waals surface area contributed by atoms with E-state index < -0.39 is 0 Å². The number of hydrogen-bond donors (Lipinski definition) is 0. The first-order chi connectivity index (χ1) is 9.98. The van der Waals surface area contributed by atoms with E-state index in [1.165, 1.54) is 11.1 Å². The van der Waals surface area contributed by atoms with E-state index in [9.17, 15) is 0 Å². The highest BCUT2D eigenvalue weighted by atomic mass is 35.5. The molecule has 1 aromatic heterocycles. The summed E-state index contributed by atoms with van der Waals surface area (Å²) in [4.78, 5) is 4.80. The van der Waals surface area contributed by atoms with E-state index in [1.54, 1.807) is 7.11 Å². The topological polar surface area (TPSA) is 27.1 Å². The van der Waals surface area contributed by atoms with Crippen LogP contribution in [0.25, 0.3) is 11.0 Å². The van der Waals surface area contributed by atoms with E-state index in [0.717, 1.165) is 24.2 Å². The van der Waals surface area contributed by atoms with Crippen LogP contribution in [0.3, 0.4) is 0 Å². The molecule has 0 spiro atoms. The van der Waals surface area contributed by atoms with Crippen LogP contribution in [-0.2, 0) is 11.2 Å². The third kappa shape index (κ3) is 2.27. The van der Waals surface area contributed by atoms with Gasteiger partial charge in [-0.3, -0.25) is 0 Å². The number of rotatable bonds is 4. The molecule has 0 aliphatic heterocycles. The molecule has 2 unspecified atom stereocenters. The Morgan fingerprint density at radius 3 is 2.81 bits per heavy atom. The summed E-state index contributed by atoms with van der Waals surface area (Å²) in [6, 6.07) is 6.88. The van der Waals surface area contributed by atoms with E-state index in [1.807, 2.05) is 0 Å². The lowest BCUT2D eigenvalue weighted by Crippen LogP contribution is -2.51. The summed E-state index contributed by atoms with van der Waals surface area (Å²) in [7, 11) is 1.80. The lowest BCUT2D eigenvalue weighted by molar-refractivity contribution is -0.112. The molecule has 0 bridgehead atoms. The molecule has 1 fully saturated rings. The largest absolute Gasteiger partial charge is 0.381 e. The van der Waals surface area contributed by atoms with Crippen molar-refractivity contribution in [3.8, 4) is 0 Å². The predicted molar refractivity (Wildman–Crippen MR) is 87.1 cm³/mol. The molecular formula is C17H23ClN2O. The Hall–Kier alpha value is -1.06. The monoisotopic (exact) mass is 306 g/mol. The van der Waals surface area contributed by atoms with Gasteiger partial charge >= 0.3 is 0 Å². The van der Waals surface area contributed by atoms with Crippen LogP contribution in [0.5, 0.6) is 0 Å². The summed E-state index contributed by atoms with van der Waals surface area (Å²) in [5.41, 5.74) is 3.68. The highest BCUT2D eigenvalue weighted by Gasteiger charge is 2.50. The second-order valence-corrected chi connectivity index (χ2v) is 7.00. The van der Waals surface area contributed by atoms with Gasteiger partial charge in [-0.15, -0.1) is 11.6 Å². The Morgan fingerprint density at radius 1 is 1.43 bits per heavy atom. The van der Waals surface area contributed by atoms with E-state index in [2.05, 4.69) is 43.5 Å². The highest BCUT2D eigenvalue weighted by molar-refractivity contribution is 6.17. The van der Waals surface area contributed by atoms with Crippen molar-refractivity contribution >= 4 is 22.6 Å². The molecule has 0 saturated heterocycles. The summed E-state index contributed by atoms with van der Waals surface area (Å²) >= 11 is 5.98. The number of ether oxygens (including phenoxy) is 1. The SMILES string of the molecule is COC1CC(n2c(CCCl)nc3ccc(C)cc32)C1(C)C. The molecule has 0 radical (unpaired) electrons. The first-order valence-electron chi connectivity index (χ1n) is 7.55. The fraction of sp³-hybridized carbons (Fsp3) is 0.588. The molecule has 1 aliphatic rings. The summed E-state index contributed by atoms with van der Waals surface area (Å²) in [5, 5.41) is 0. The Morgan fingerprint density at radius 2 is 2.19 bits per heavy atom. The zero-order chi connectivity index (χ0) is 15.2. The van der Waals surface area contributed by atoms with Gasteiger partial charge in [0.25, 0.3) is 0 Å². The van der Waals surface area contributed by atoms with Crippen LogP contribution < -0.4 is 0 Å². The van der Waals surface area contributed by atoms with Gasteiger partial charge in [0, 0.05) is 30.9 Å². The Bertz CT molecular complexity index is 662. The molecule has 1 aromatic carbocycles. The maximum Gasteiger partial charge on any atom is 0.111 e. The third-order valence-electron chi connectivity index (χ3n) is 4.96. The van der Waals surface area contributed by atoms with Crippen molar-refractivity contribution in [2.24, 2.45) is 5.41 Å². The summed E-state index contributed by atoms with van der Waals surface area (Å²) in [6.45, 7) is 6.69. The van der Waals surface area contributed by atoms with Crippen LogP contribution in [0.15, 0.2) is 18.2 Å². The first kappa shape index (κ1) is 14.9. The molecule has 1 aliphatic carbocycles. The lowest BCUT2D eigenvalue weighted by Gasteiger charge is -2.52. The number of hydrogen-bond acceptors (Lipinski definition) is 2. The minimum absolute atomic E-state index is 0.118. The number of methoxy groups -OCH3 is 1. The van der Waals surface area contributed by atoms with Crippen LogP contribution >= 0.6 is 11.6 Å². The normalized spacial score (nSPS) is 24.2. The summed E-state index contributed by atoms with van der Waals surface area (Å²) in [6.07, 6.45) is 2.16. The van der Waals surface area contributed by atoms with E-state index in [4.69, 9.17) is 21.3 Å². The summed E-state index contributed by atoms with van der Waals surface area (Å²) in [5.74, 6) is 1.70. The number of halogens is 1. The minimum Gasteiger partial charge on any atom is -0.381 e. The maximum atomic E-state index is 5.98. The minimum atomic E-state index is 0.118. The molecule has 4 heteroatoms. The molecule has 3 nitrogen and oxygen atoms in total. The van der Waals surface area contributed by atoms with Gasteiger partial charge < -0.3 is 9.30 Å². The number of aryl methyl sites for hydroxylation is 2. The Balaban J connectivity index is 2.12. The van der Waals surface area contributed by atoms with Crippen molar-refractivity contribution in [1.29, 1.82) is 0 Å². The molecule has 114 valence electrons. The number of benzene rings is 1. The van der Waals surface area contributed by atoms with Crippen LogP contribution in [0.2, 0.25) is 0 Å². The van der Waals surface area contributed by atoms with Crippen molar-refractivity contribution in [1.82, 2.24) is 9.55 Å². The van der Waals surface area contributed by atoms with Crippen molar-refractivity contribution in [2.75, 3.05) is 13.0 Å². The second-order valence-electron chi connectivity index (χ2n) is 6.63. The van der Waals surface area contributed by atoms with Crippen molar-refractivity contribution < 1.29 is 4.74 Å². The molecule has 3 rings (SSSR count). The standard InChI is InChI=1S/C17H23ClN2O/c1-11-5-6-12-13(9-11)20(16(19-12)7-8-18)14-10-15(21-4)17(14,2)3/h5-6,9,14-15H,7-8,10H2,1-4H3. The van der Waals surface area contributed by atoms with E-state index in [-0.39, 0.29) is 5.41 Å². The van der Waals surface area contributed by atoms with Crippen LogP contribution in [0, 0.1) is 12.3 Å². The van der Waals surface area contributed by atoms with Crippen molar-refractivity contribution in [3.63, 3.8) is 0 Å². The van der Waals surface area contributed by atoms with Crippen LogP contribution in [0.1, 0.15) is 37.7 Å². The second kappa shape index (κ2) is 5.29. The van der Waals surface area contributed by atoms with Gasteiger partial charge in [0.05, 0.1) is 17.1 Å². The quantitative estimate of drug-likeness (QED) is 0.795. The fourth-order valence-corrected chi connectivity index (χ4v) is 3.73. The van der Waals surface area contributed by atoms with Gasteiger partial charge in [0.1, 0.15) is 5.82 Å². The molecule has 21 heavy (non-hydrogen) atoms. The molecular weight excluding hydrogens is 284 g/mol. The maximum absolute atomic E-state index is 5.98. The molecule has 1 saturated carbocycles. The predicted octanol–water partition coefficient (Wildman–Crippen LogP) is 4.11. The Kier molecular flexibility index (Phi) is 3.74. The fourth-order valence-electron chi connectivity index (χ4n) is 3.56. The molecule has 0 amide bonds. The smallest absolute Gasteiger partial charge is 0.111 e. The van der Waals surface area contributed by atoms with Gasteiger partial charge in [0.2, 0.25) is 0 Å². The average Bonchev–Trinajstić information content (AvgIpc) is 2.76. The van der Waals surface area contributed by atoms with Gasteiger partial charge in [-0.05, 0) is 31.0 Å². The number of alkyl halides is 1. The van der Waals surface area contributed by atoms with Crippen LogP contribution in [0.4, 0.5) is 0 Å². The summed E-state index contributed by atoms with van der Waals surface area (Å²) < 4.78 is 8.01. The van der Waals surface area contributed by atoms with Crippen LogP contribution in [-0.4, -0.2) is 28.6 Å². The lowest BCUT2D eigenvalue weighted by atomic mass is 9.64. The van der Waals surface area contributed by atoms with Gasteiger partial charge in [-0.1, -0.05) is 19.9 Å². The average molecular weight is 307 g/mol. The molecule has 2 atom stereocenters. The number of nitrogens with zero attached hydrogens (tertiary/aromatic N) is 2. The number of fused-ring (bicyclic) bond motifs is 1. The van der Waals surface area contributed by atoms with Crippen molar-refractivity contribution in [2.45, 2.75) is 45.8 Å². The van der Waals surface area contributed by atoms with Crippen molar-refractivity contribution in [3.05, 3.63) is 29.6 Å². The zero-order valence-electron chi connectivity index (χ0n) is 13.2. The number of aromatic nitrogens is 2. The molecule has 2 aromatic rings. The Labute approximate surface area is 131 Å².